The number of halogens is 2. The highest BCUT2D eigenvalue weighted by Crippen LogP contribution is 2.26. The highest BCUT2D eigenvalue weighted by molar-refractivity contribution is 7.98. The first-order valence-electron chi connectivity index (χ1n) is 5.67. The highest BCUT2D eigenvalue weighted by Gasteiger charge is 2.10. The molecule has 0 fully saturated rings. The Bertz CT molecular complexity index is 662. The van der Waals surface area contributed by atoms with Crippen molar-refractivity contribution in [1.82, 2.24) is 0 Å². The maximum absolute atomic E-state index is 13.5. The monoisotopic (exact) mass is 295 g/mol. The van der Waals surface area contributed by atoms with Gasteiger partial charge in [0.2, 0.25) is 0 Å². The van der Waals surface area contributed by atoms with Gasteiger partial charge in [0.25, 0.3) is 0 Å². The number of thioether (sulfide) groups is 1. The number of nitrogens with two attached hydrogens (primary N) is 1. The van der Waals surface area contributed by atoms with Gasteiger partial charge in [0.15, 0.2) is 0 Å². The van der Waals surface area contributed by atoms with E-state index in [1.165, 1.54) is 42.1 Å². The molecular weight excluding hydrogens is 284 g/mol. The van der Waals surface area contributed by atoms with Crippen LogP contribution in [0.15, 0.2) is 41.3 Å². The van der Waals surface area contributed by atoms with Crippen LogP contribution in [0.2, 0.25) is 0 Å². The summed E-state index contributed by atoms with van der Waals surface area (Å²) in [5.74, 6) is -2.18. The summed E-state index contributed by atoms with van der Waals surface area (Å²) < 4.78 is 26.7. The summed E-state index contributed by atoms with van der Waals surface area (Å²) in [7, 11) is 0. The zero-order valence-electron chi connectivity index (χ0n) is 10.3. The zero-order chi connectivity index (χ0) is 14.7. The molecule has 2 aromatic rings. The first-order chi connectivity index (χ1) is 9.47. The first-order valence-corrected chi connectivity index (χ1v) is 6.65. The first kappa shape index (κ1) is 14.3. The van der Waals surface area contributed by atoms with E-state index >= 15 is 0 Å². The number of anilines is 1. The molecule has 0 radical (unpaired) electrons. The fraction of sp³-hybridized carbons (Fsp3) is 0.0714. The smallest absolute Gasteiger partial charge is 0.338 e. The van der Waals surface area contributed by atoms with Crippen LogP contribution in [0.5, 0.6) is 0 Å². The van der Waals surface area contributed by atoms with Gasteiger partial charge in [-0.2, -0.15) is 0 Å². The van der Waals surface area contributed by atoms with E-state index < -0.39 is 17.6 Å². The number of hydrogen-bond acceptors (Lipinski definition) is 3. The van der Waals surface area contributed by atoms with Crippen molar-refractivity contribution in [1.29, 1.82) is 0 Å². The van der Waals surface area contributed by atoms with Gasteiger partial charge in [-0.05, 0) is 35.9 Å². The normalized spacial score (nSPS) is 10.5. The number of aromatic carboxylic acids is 1. The number of carbonyl (C=O) groups is 1. The van der Waals surface area contributed by atoms with Crippen LogP contribution in [0.25, 0.3) is 0 Å². The Kier molecular flexibility index (Phi) is 4.24. The van der Waals surface area contributed by atoms with Gasteiger partial charge in [-0.25, -0.2) is 13.6 Å². The van der Waals surface area contributed by atoms with Crippen molar-refractivity contribution in [2.75, 3.05) is 5.73 Å². The second kappa shape index (κ2) is 5.92. The van der Waals surface area contributed by atoms with Gasteiger partial charge in [0, 0.05) is 10.6 Å². The van der Waals surface area contributed by atoms with E-state index in [1.54, 1.807) is 6.07 Å². The lowest BCUT2D eigenvalue weighted by Gasteiger charge is -2.05. The summed E-state index contributed by atoms with van der Waals surface area (Å²) >= 11 is 1.31. The van der Waals surface area contributed by atoms with E-state index in [9.17, 15) is 13.6 Å². The molecule has 3 N–H and O–H groups in total. The number of rotatable bonds is 4. The molecule has 0 unspecified atom stereocenters. The Morgan fingerprint density at radius 2 is 1.90 bits per heavy atom. The van der Waals surface area contributed by atoms with E-state index in [0.717, 1.165) is 0 Å². The van der Waals surface area contributed by atoms with Gasteiger partial charge < -0.3 is 10.8 Å². The summed E-state index contributed by atoms with van der Waals surface area (Å²) in [4.78, 5) is 11.3. The lowest BCUT2D eigenvalue weighted by atomic mass is 10.1. The van der Waals surface area contributed by atoms with Crippen molar-refractivity contribution in [3.63, 3.8) is 0 Å². The second-order valence-corrected chi connectivity index (χ2v) is 5.14. The van der Waals surface area contributed by atoms with Crippen molar-refractivity contribution in [2.24, 2.45) is 0 Å². The molecule has 0 aliphatic heterocycles. The van der Waals surface area contributed by atoms with Crippen molar-refractivity contribution >= 4 is 23.4 Å². The molecule has 0 atom stereocenters. The van der Waals surface area contributed by atoms with Crippen LogP contribution in [-0.4, -0.2) is 11.1 Å². The molecular formula is C14H11F2NO2S. The van der Waals surface area contributed by atoms with E-state index in [0.29, 0.717) is 16.2 Å². The third-order valence-electron chi connectivity index (χ3n) is 2.64. The third kappa shape index (κ3) is 3.27. The molecule has 0 aliphatic carbocycles. The molecule has 0 spiro atoms. The van der Waals surface area contributed by atoms with Crippen LogP contribution in [0.1, 0.15) is 15.9 Å². The lowest BCUT2D eigenvalue weighted by Crippen LogP contribution is -2.00. The molecule has 2 rings (SSSR count). The Morgan fingerprint density at radius 3 is 2.50 bits per heavy atom. The lowest BCUT2D eigenvalue weighted by molar-refractivity contribution is 0.0692. The minimum atomic E-state index is -1.30. The van der Waals surface area contributed by atoms with Crippen molar-refractivity contribution in [3.05, 3.63) is 59.2 Å². The maximum Gasteiger partial charge on any atom is 0.338 e. The molecule has 0 saturated carbocycles. The molecule has 6 heteroatoms. The predicted octanol–water partition coefficient (Wildman–Crippen LogP) is 3.54. The highest BCUT2D eigenvalue weighted by atomic mass is 32.2. The van der Waals surface area contributed by atoms with Gasteiger partial charge >= 0.3 is 5.97 Å². The molecule has 104 valence electrons. The number of carboxylic acid groups (broad SMARTS) is 1. The van der Waals surface area contributed by atoms with E-state index in [2.05, 4.69) is 0 Å². The number of carboxylic acids is 1. The van der Waals surface area contributed by atoms with Gasteiger partial charge in [-0.3, -0.25) is 0 Å². The van der Waals surface area contributed by atoms with Crippen LogP contribution in [0, 0.1) is 11.6 Å². The molecule has 0 aliphatic rings. The summed E-state index contributed by atoms with van der Waals surface area (Å²) in [5.41, 5.74) is 5.70. The Morgan fingerprint density at radius 1 is 1.15 bits per heavy atom. The van der Waals surface area contributed by atoms with E-state index in [4.69, 9.17) is 10.8 Å². The largest absolute Gasteiger partial charge is 0.478 e. The molecule has 0 aromatic heterocycles. The molecule has 0 bridgehead atoms. The van der Waals surface area contributed by atoms with Gasteiger partial charge in [-0.15, -0.1) is 11.8 Å². The number of hydrogen-bond donors (Lipinski definition) is 2. The van der Waals surface area contributed by atoms with E-state index in [-0.39, 0.29) is 11.3 Å². The second-order valence-electron chi connectivity index (χ2n) is 4.09. The Labute approximate surface area is 118 Å². The van der Waals surface area contributed by atoms with Crippen LogP contribution in [0.4, 0.5) is 14.5 Å². The fourth-order valence-electron chi connectivity index (χ4n) is 1.59. The summed E-state index contributed by atoms with van der Waals surface area (Å²) in [6.07, 6.45) is 0. The number of nitrogen functional groups attached to an aromatic ring is 1. The summed E-state index contributed by atoms with van der Waals surface area (Å²) in [6.45, 7) is 0. The molecule has 0 heterocycles. The molecule has 3 nitrogen and oxygen atoms in total. The summed E-state index contributed by atoms with van der Waals surface area (Å²) in [6, 6.07) is 8.37. The fourth-order valence-corrected chi connectivity index (χ4v) is 2.45. The molecule has 2 aromatic carbocycles. The van der Waals surface area contributed by atoms with Gasteiger partial charge in [-0.1, -0.05) is 6.07 Å². The van der Waals surface area contributed by atoms with Crippen LogP contribution < -0.4 is 5.73 Å². The van der Waals surface area contributed by atoms with Crippen molar-refractivity contribution in [3.8, 4) is 0 Å². The SMILES string of the molecule is Nc1ccc(SCc2ccc(C(=O)O)c(F)c2)cc1F. The molecule has 0 amide bonds. The minimum absolute atomic E-state index is 0.0752. The van der Waals surface area contributed by atoms with Crippen LogP contribution in [0.3, 0.4) is 0 Å². The maximum atomic E-state index is 13.5. The standard InChI is InChI=1S/C14H11F2NO2S/c15-11-5-8(1-3-10(11)14(18)19)7-20-9-2-4-13(17)12(16)6-9/h1-6H,7,17H2,(H,18,19). The topological polar surface area (TPSA) is 63.3 Å². The predicted molar refractivity (Wildman–Crippen MR) is 73.7 cm³/mol. The Hall–Kier alpha value is -2.08. The quantitative estimate of drug-likeness (QED) is 0.669. The molecule has 0 saturated heterocycles. The van der Waals surface area contributed by atoms with Crippen molar-refractivity contribution in [2.45, 2.75) is 10.6 Å². The van der Waals surface area contributed by atoms with Gasteiger partial charge in [0.05, 0.1) is 11.3 Å². The van der Waals surface area contributed by atoms with Crippen LogP contribution >= 0.6 is 11.8 Å². The van der Waals surface area contributed by atoms with E-state index in [1.807, 2.05) is 0 Å². The molecule has 20 heavy (non-hydrogen) atoms. The zero-order valence-corrected chi connectivity index (χ0v) is 11.1. The summed E-state index contributed by atoms with van der Waals surface area (Å²) in [5, 5.41) is 8.72. The number of benzene rings is 2. The average molecular weight is 295 g/mol. The Balaban J connectivity index is 2.09. The third-order valence-corrected chi connectivity index (χ3v) is 3.71. The average Bonchev–Trinajstić information content (AvgIpc) is 2.40. The van der Waals surface area contributed by atoms with Crippen molar-refractivity contribution < 1.29 is 18.7 Å². The van der Waals surface area contributed by atoms with Gasteiger partial charge in [0.1, 0.15) is 11.6 Å². The minimum Gasteiger partial charge on any atom is -0.478 e. The van der Waals surface area contributed by atoms with Crippen LogP contribution in [-0.2, 0) is 5.75 Å².